The van der Waals surface area contributed by atoms with E-state index in [1.165, 1.54) is 18.4 Å². The van der Waals surface area contributed by atoms with Gasteiger partial charge in [0.2, 0.25) is 0 Å². The Kier molecular flexibility index (Phi) is 3.62. The molecule has 13 heavy (non-hydrogen) atoms. The zero-order valence-corrected chi connectivity index (χ0v) is 9.22. The fourth-order valence-electron chi connectivity index (χ4n) is 0.861. The van der Waals surface area contributed by atoms with Crippen molar-refractivity contribution in [3.8, 4) is 0 Å². The summed E-state index contributed by atoms with van der Waals surface area (Å²) in [5, 5.41) is 0. The van der Waals surface area contributed by atoms with Gasteiger partial charge in [-0.1, -0.05) is 0 Å². The average Bonchev–Trinajstić information content (AvgIpc) is 2.53. The molecule has 0 spiro atoms. The van der Waals surface area contributed by atoms with Crippen molar-refractivity contribution in [3.05, 3.63) is 20.8 Å². The van der Waals surface area contributed by atoms with Gasteiger partial charge in [-0.3, -0.25) is 4.79 Å². The van der Waals surface area contributed by atoms with E-state index in [2.05, 4.69) is 20.7 Å². The first-order valence-electron chi connectivity index (χ1n) is 3.47. The molecule has 1 heterocycles. The number of methoxy groups -OCH3 is 1. The second-order valence-corrected chi connectivity index (χ2v) is 4.77. The van der Waals surface area contributed by atoms with E-state index in [-0.39, 0.29) is 0 Å². The number of carbonyl (C=O) groups excluding carboxylic acids is 2. The van der Waals surface area contributed by atoms with E-state index in [1.54, 1.807) is 12.1 Å². The molecule has 0 saturated heterocycles. The molecule has 1 atom stereocenters. The number of aldehydes is 1. The van der Waals surface area contributed by atoms with Crippen LogP contribution < -0.4 is 0 Å². The van der Waals surface area contributed by atoms with Crippen LogP contribution in [-0.4, -0.2) is 19.4 Å². The van der Waals surface area contributed by atoms with Crippen LogP contribution in [0.3, 0.4) is 0 Å². The summed E-state index contributed by atoms with van der Waals surface area (Å²) in [5.74, 6) is -1.31. The Bertz CT molecular complexity index is 321. The van der Waals surface area contributed by atoms with E-state index in [0.29, 0.717) is 11.2 Å². The van der Waals surface area contributed by atoms with Crippen LogP contribution in [-0.2, 0) is 14.3 Å². The van der Waals surface area contributed by atoms with Crippen LogP contribution in [0, 0.1) is 0 Å². The predicted octanol–water partition coefficient (Wildman–Crippen LogP) is 1.97. The van der Waals surface area contributed by atoms with Crippen molar-refractivity contribution < 1.29 is 14.3 Å². The first-order chi connectivity index (χ1) is 6.19. The number of esters is 1. The van der Waals surface area contributed by atoms with Gasteiger partial charge < -0.3 is 9.53 Å². The smallest absolute Gasteiger partial charge is 0.321 e. The first kappa shape index (κ1) is 10.4. The van der Waals surface area contributed by atoms with Gasteiger partial charge in [-0.15, -0.1) is 11.3 Å². The minimum atomic E-state index is -0.790. The molecule has 0 amide bonds. The molecule has 1 unspecified atom stereocenters. The molecule has 0 aliphatic carbocycles. The topological polar surface area (TPSA) is 43.4 Å². The van der Waals surface area contributed by atoms with Crippen molar-refractivity contribution in [2.45, 2.75) is 5.92 Å². The molecule has 3 nitrogen and oxygen atoms in total. The highest BCUT2D eigenvalue weighted by Gasteiger charge is 2.21. The molecule has 0 saturated carbocycles. The van der Waals surface area contributed by atoms with Crippen molar-refractivity contribution in [3.63, 3.8) is 0 Å². The fraction of sp³-hybridized carbons (Fsp3) is 0.250. The summed E-state index contributed by atoms with van der Waals surface area (Å²) in [6.45, 7) is 0. The Morgan fingerprint density at radius 3 is 2.77 bits per heavy atom. The van der Waals surface area contributed by atoms with Crippen molar-refractivity contribution in [2.24, 2.45) is 0 Å². The lowest BCUT2D eigenvalue weighted by atomic mass is 10.1. The monoisotopic (exact) mass is 262 g/mol. The highest BCUT2D eigenvalue weighted by Crippen LogP contribution is 2.28. The number of hydrogen-bond donors (Lipinski definition) is 0. The normalized spacial score (nSPS) is 12.2. The number of carbonyl (C=O) groups is 2. The zero-order chi connectivity index (χ0) is 9.84. The fourth-order valence-corrected chi connectivity index (χ4v) is 2.33. The van der Waals surface area contributed by atoms with Crippen LogP contribution in [0.15, 0.2) is 15.9 Å². The quantitative estimate of drug-likeness (QED) is 0.475. The van der Waals surface area contributed by atoms with E-state index in [1.807, 2.05) is 0 Å². The minimum Gasteiger partial charge on any atom is -0.468 e. The number of rotatable bonds is 3. The van der Waals surface area contributed by atoms with Gasteiger partial charge in [-0.25, -0.2) is 0 Å². The molecule has 0 aliphatic rings. The number of thiophene rings is 1. The maximum Gasteiger partial charge on any atom is 0.321 e. The first-order valence-corrected chi connectivity index (χ1v) is 5.08. The SMILES string of the molecule is COC(=O)C(C=O)c1ccc(Br)s1. The summed E-state index contributed by atoms with van der Waals surface area (Å²) < 4.78 is 5.38. The molecule has 5 heteroatoms. The summed E-state index contributed by atoms with van der Waals surface area (Å²) in [6, 6.07) is 3.52. The largest absolute Gasteiger partial charge is 0.468 e. The summed E-state index contributed by atoms with van der Waals surface area (Å²) >= 11 is 4.60. The van der Waals surface area contributed by atoms with E-state index in [4.69, 9.17) is 0 Å². The molecule has 0 aliphatic heterocycles. The van der Waals surface area contributed by atoms with Crippen molar-refractivity contribution in [2.75, 3.05) is 7.11 Å². The van der Waals surface area contributed by atoms with Crippen molar-refractivity contribution >= 4 is 39.5 Å². The zero-order valence-electron chi connectivity index (χ0n) is 6.82. The van der Waals surface area contributed by atoms with Crippen LogP contribution in [0.4, 0.5) is 0 Å². The van der Waals surface area contributed by atoms with E-state index in [0.717, 1.165) is 3.79 Å². The van der Waals surface area contributed by atoms with Gasteiger partial charge >= 0.3 is 5.97 Å². The maximum atomic E-state index is 11.1. The number of hydrogen-bond acceptors (Lipinski definition) is 4. The van der Waals surface area contributed by atoms with Gasteiger partial charge in [0, 0.05) is 4.88 Å². The lowest BCUT2D eigenvalue weighted by molar-refractivity contribution is -0.143. The van der Waals surface area contributed by atoms with Gasteiger partial charge in [0.25, 0.3) is 0 Å². The maximum absolute atomic E-state index is 11.1. The summed E-state index contributed by atoms with van der Waals surface area (Å²) in [6.07, 6.45) is 0.587. The van der Waals surface area contributed by atoms with Crippen LogP contribution in [0.5, 0.6) is 0 Å². The third-order valence-electron chi connectivity index (χ3n) is 1.49. The van der Waals surface area contributed by atoms with Crippen LogP contribution in [0.2, 0.25) is 0 Å². The highest BCUT2D eigenvalue weighted by atomic mass is 79.9. The number of halogens is 1. The second-order valence-electron chi connectivity index (χ2n) is 2.28. The van der Waals surface area contributed by atoms with Gasteiger partial charge in [0.15, 0.2) is 0 Å². The molecule has 0 fully saturated rings. The minimum absolute atomic E-state index is 0.524. The van der Waals surface area contributed by atoms with Crippen molar-refractivity contribution in [1.82, 2.24) is 0 Å². The molecule has 0 radical (unpaired) electrons. The van der Waals surface area contributed by atoms with E-state index >= 15 is 0 Å². The van der Waals surface area contributed by atoms with Gasteiger partial charge in [-0.05, 0) is 28.1 Å². The molecule has 1 aromatic heterocycles. The molecular formula is C8H7BrO3S. The Balaban J connectivity index is 2.90. The lowest BCUT2D eigenvalue weighted by Crippen LogP contribution is -2.14. The summed E-state index contributed by atoms with van der Waals surface area (Å²) in [5.41, 5.74) is 0. The molecule has 1 aromatic rings. The summed E-state index contributed by atoms with van der Waals surface area (Å²) in [4.78, 5) is 22.4. The van der Waals surface area contributed by atoms with Crippen molar-refractivity contribution in [1.29, 1.82) is 0 Å². The standard InChI is InChI=1S/C8H7BrO3S/c1-12-8(11)5(4-10)6-2-3-7(9)13-6/h2-5H,1H3. The third-order valence-corrected chi connectivity index (χ3v) is 3.20. The van der Waals surface area contributed by atoms with E-state index in [9.17, 15) is 9.59 Å². The third kappa shape index (κ3) is 2.38. The molecule has 0 bridgehead atoms. The van der Waals surface area contributed by atoms with E-state index < -0.39 is 11.9 Å². The Morgan fingerprint density at radius 1 is 1.69 bits per heavy atom. The Labute approximate surface area is 87.8 Å². The van der Waals surface area contributed by atoms with Crippen LogP contribution in [0.25, 0.3) is 0 Å². The Morgan fingerprint density at radius 2 is 2.38 bits per heavy atom. The van der Waals surface area contributed by atoms with Crippen LogP contribution in [0.1, 0.15) is 10.8 Å². The molecule has 0 aromatic carbocycles. The predicted molar refractivity (Wildman–Crippen MR) is 52.8 cm³/mol. The molecule has 1 rings (SSSR count). The van der Waals surface area contributed by atoms with Gasteiger partial charge in [0.1, 0.15) is 12.2 Å². The summed E-state index contributed by atoms with van der Waals surface area (Å²) in [7, 11) is 1.27. The lowest BCUT2D eigenvalue weighted by Gasteiger charge is -2.03. The molecule has 0 N–H and O–H groups in total. The molecule has 70 valence electrons. The molecular weight excluding hydrogens is 256 g/mol. The highest BCUT2D eigenvalue weighted by molar-refractivity contribution is 9.11. The van der Waals surface area contributed by atoms with Crippen LogP contribution >= 0.6 is 27.3 Å². The second kappa shape index (κ2) is 4.53. The number of ether oxygens (including phenoxy) is 1. The Hall–Kier alpha value is -0.680. The van der Waals surface area contributed by atoms with Gasteiger partial charge in [0.05, 0.1) is 10.9 Å². The van der Waals surface area contributed by atoms with Gasteiger partial charge in [-0.2, -0.15) is 0 Å². The average molecular weight is 263 g/mol.